The lowest BCUT2D eigenvalue weighted by molar-refractivity contribution is -0.391. The molecule has 0 saturated heterocycles. The Morgan fingerprint density at radius 1 is 1.36 bits per heavy atom. The van der Waals surface area contributed by atoms with Crippen molar-refractivity contribution in [2.24, 2.45) is 0 Å². The zero-order chi connectivity index (χ0) is 17.8. The number of hydrogen-bond donors (Lipinski definition) is 1. The fourth-order valence-corrected chi connectivity index (χ4v) is 2.19. The van der Waals surface area contributed by atoms with Crippen LogP contribution in [0.1, 0.15) is 25.8 Å². The lowest BCUT2D eigenvalue weighted by Crippen LogP contribution is -2.11. The Morgan fingerprint density at radius 2 is 2.20 bits per heavy atom. The van der Waals surface area contributed by atoms with Gasteiger partial charge in [0, 0.05) is 24.9 Å². The zero-order valence-corrected chi connectivity index (χ0v) is 13.9. The van der Waals surface area contributed by atoms with Gasteiger partial charge in [0.25, 0.3) is 0 Å². The van der Waals surface area contributed by atoms with E-state index in [-0.39, 0.29) is 11.9 Å². The fraction of sp³-hybridized carbons (Fsp3) is 0.312. The molecule has 3 aromatic heterocycles. The standard InChI is InChI=1S/C16H18N6O3/c1-3-11(2)25-15-8-12(6-7-17-15)9-18-13-4-5-14-19-10-16(22(23)24)21(14)20-13/h4-8,10-11H,3,9H2,1-2H3,(H,18,20)/t11-/m0/s1. The summed E-state index contributed by atoms with van der Waals surface area (Å²) in [6.45, 7) is 4.53. The Labute approximate surface area is 143 Å². The summed E-state index contributed by atoms with van der Waals surface area (Å²) < 4.78 is 6.90. The molecule has 0 unspecified atom stereocenters. The maximum atomic E-state index is 11.0. The van der Waals surface area contributed by atoms with E-state index in [1.807, 2.05) is 26.0 Å². The van der Waals surface area contributed by atoms with Gasteiger partial charge in [0.15, 0.2) is 5.82 Å². The monoisotopic (exact) mass is 342 g/mol. The van der Waals surface area contributed by atoms with E-state index >= 15 is 0 Å². The van der Waals surface area contributed by atoms with E-state index in [0.29, 0.717) is 23.9 Å². The third-order valence-corrected chi connectivity index (χ3v) is 3.70. The van der Waals surface area contributed by atoms with Crippen LogP contribution in [0.3, 0.4) is 0 Å². The molecule has 130 valence electrons. The molecule has 1 N–H and O–H groups in total. The van der Waals surface area contributed by atoms with Crippen molar-refractivity contribution in [1.82, 2.24) is 19.6 Å². The summed E-state index contributed by atoms with van der Waals surface area (Å²) >= 11 is 0. The maximum absolute atomic E-state index is 11.0. The second kappa shape index (κ2) is 7.12. The van der Waals surface area contributed by atoms with E-state index in [1.54, 1.807) is 18.3 Å². The number of anilines is 1. The largest absolute Gasteiger partial charge is 0.475 e. The molecule has 25 heavy (non-hydrogen) atoms. The molecule has 3 heterocycles. The first kappa shape index (κ1) is 16.6. The molecule has 0 aromatic carbocycles. The number of ether oxygens (including phenoxy) is 1. The van der Waals surface area contributed by atoms with Crippen LogP contribution in [-0.2, 0) is 6.54 Å². The summed E-state index contributed by atoms with van der Waals surface area (Å²) in [5.41, 5.74) is 1.39. The van der Waals surface area contributed by atoms with E-state index in [0.717, 1.165) is 12.0 Å². The Morgan fingerprint density at radius 3 is 2.96 bits per heavy atom. The first-order valence-electron chi connectivity index (χ1n) is 7.91. The minimum absolute atomic E-state index is 0.0987. The molecule has 9 heteroatoms. The fourth-order valence-electron chi connectivity index (χ4n) is 2.19. The van der Waals surface area contributed by atoms with Gasteiger partial charge in [-0.1, -0.05) is 16.5 Å². The van der Waals surface area contributed by atoms with E-state index < -0.39 is 4.92 Å². The third-order valence-electron chi connectivity index (χ3n) is 3.70. The molecule has 0 spiro atoms. The Bertz CT molecular complexity index is 894. The Hall–Kier alpha value is -3.23. The number of nitro groups is 1. The molecular formula is C16H18N6O3. The minimum Gasteiger partial charge on any atom is -0.475 e. The predicted octanol–water partition coefficient (Wildman–Crippen LogP) is 2.82. The molecule has 0 amide bonds. The lowest BCUT2D eigenvalue weighted by atomic mass is 10.2. The second-order valence-electron chi connectivity index (χ2n) is 5.55. The predicted molar refractivity (Wildman–Crippen MR) is 91.6 cm³/mol. The number of nitrogens with one attached hydrogen (secondary N) is 1. The number of fused-ring (bicyclic) bond motifs is 1. The number of imidazole rings is 1. The summed E-state index contributed by atoms with van der Waals surface area (Å²) in [7, 11) is 0. The minimum atomic E-state index is -0.516. The number of nitrogens with zero attached hydrogens (tertiary/aromatic N) is 5. The van der Waals surface area contributed by atoms with Crippen LogP contribution in [0, 0.1) is 10.1 Å². The van der Waals surface area contributed by atoms with Gasteiger partial charge in [-0.3, -0.25) is 0 Å². The number of hydrogen-bond acceptors (Lipinski definition) is 7. The molecule has 3 aromatic rings. The molecule has 0 aliphatic rings. The van der Waals surface area contributed by atoms with Crippen molar-refractivity contribution in [2.45, 2.75) is 32.9 Å². The van der Waals surface area contributed by atoms with Gasteiger partial charge in [0.1, 0.15) is 6.20 Å². The molecule has 9 nitrogen and oxygen atoms in total. The van der Waals surface area contributed by atoms with Gasteiger partial charge in [0.05, 0.1) is 6.10 Å². The van der Waals surface area contributed by atoms with Gasteiger partial charge < -0.3 is 20.2 Å². The van der Waals surface area contributed by atoms with Crippen LogP contribution >= 0.6 is 0 Å². The number of rotatable bonds is 7. The van der Waals surface area contributed by atoms with Crippen molar-refractivity contribution in [3.63, 3.8) is 0 Å². The van der Waals surface area contributed by atoms with Crippen molar-refractivity contribution < 1.29 is 9.66 Å². The molecular weight excluding hydrogens is 324 g/mol. The molecule has 0 bridgehead atoms. The van der Waals surface area contributed by atoms with Gasteiger partial charge in [-0.05, 0) is 36.0 Å². The van der Waals surface area contributed by atoms with Gasteiger partial charge >= 0.3 is 5.82 Å². The molecule has 0 fully saturated rings. The van der Waals surface area contributed by atoms with Crippen molar-refractivity contribution in [2.75, 3.05) is 5.32 Å². The van der Waals surface area contributed by atoms with Crippen molar-refractivity contribution in [1.29, 1.82) is 0 Å². The van der Waals surface area contributed by atoms with Crippen LogP contribution in [0.15, 0.2) is 36.7 Å². The van der Waals surface area contributed by atoms with Gasteiger partial charge in [-0.25, -0.2) is 9.97 Å². The number of pyridine rings is 1. The molecule has 3 rings (SSSR count). The highest BCUT2D eigenvalue weighted by molar-refractivity contribution is 5.48. The van der Waals surface area contributed by atoms with Crippen LogP contribution in [0.4, 0.5) is 11.6 Å². The summed E-state index contributed by atoms with van der Waals surface area (Å²) in [6.07, 6.45) is 3.87. The first-order chi connectivity index (χ1) is 12.1. The zero-order valence-electron chi connectivity index (χ0n) is 13.9. The number of aromatic nitrogens is 4. The van der Waals surface area contributed by atoms with Gasteiger partial charge in [0.2, 0.25) is 11.5 Å². The summed E-state index contributed by atoms with van der Waals surface area (Å²) in [6, 6.07) is 7.13. The van der Waals surface area contributed by atoms with Crippen LogP contribution < -0.4 is 10.1 Å². The molecule has 1 atom stereocenters. The second-order valence-corrected chi connectivity index (χ2v) is 5.55. The molecule has 0 radical (unpaired) electrons. The van der Waals surface area contributed by atoms with E-state index in [2.05, 4.69) is 20.4 Å². The molecule has 0 aliphatic carbocycles. The smallest absolute Gasteiger partial charge is 0.368 e. The highest BCUT2D eigenvalue weighted by atomic mass is 16.6. The molecule has 0 aliphatic heterocycles. The summed E-state index contributed by atoms with van der Waals surface area (Å²) in [5.74, 6) is 0.906. The van der Waals surface area contributed by atoms with E-state index in [1.165, 1.54) is 10.7 Å². The van der Waals surface area contributed by atoms with E-state index in [4.69, 9.17) is 4.74 Å². The summed E-state index contributed by atoms with van der Waals surface area (Å²) in [5, 5.41) is 18.3. The quantitative estimate of drug-likeness (QED) is 0.519. The van der Waals surface area contributed by atoms with Gasteiger partial charge in [-0.15, -0.1) is 0 Å². The van der Waals surface area contributed by atoms with Crippen molar-refractivity contribution in [3.8, 4) is 5.88 Å². The van der Waals surface area contributed by atoms with E-state index in [9.17, 15) is 10.1 Å². The first-order valence-corrected chi connectivity index (χ1v) is 7.91. The topological polar surface area (TPSA) is 107 Å². The average molecular weight is 342 g/mol. The Kier molecular flexibility index (Phi) is 4.73. The van der Waals surface area contributed by atoms with Crippen LogP contribution in [0.5, 0.6) is 5.88 Å². The van der Waals surface area contributed by atoms with Crippen LogP contribution in [-0.4, -0.2) is 30.6 Å². The third kappa shape index (κ3) is 3.82. The average Bonchev–Trinajstić information content (AvgIpc) is 3.03. The SMILES string of the molecule is CC[C@H](C)Oc1cc(CNc2ccc3ncc([N+](=O)[O-])n3n2)ccn1. The van der Waals surface area contributed by atoms with Gasteiger partial charge in [-0.2, -0.15) is 0 Å². The summed E-state index contributed by atoms with van der Waals surface area (Å²) in [4.78, 5) is 18.6. The Balaban J connectivity index is 1.73. The molecule has 0 saturated carbocycles. The highest BCUT2D eigenvalue weighted by Crippen LogP contribution is 2.16. The highest BCUT2D eigenvalue weighted by Gasteiger charge is 2.15. The van der Waals surface area contributed by atoms with Crippen LogP contribution in [0.25, 0.3) is 5.65 Å². The maximum Gasteiger partial charge on any atom is 0.368 e. The lowest BCUT2D eigenvalue weighted by Gasteiger charge is -2.12. The van der Waals surface area contributed by atoms with Crippen LogP contribution in [0.2, 0.25) is 0 Å². The normalized spacial score (nSPS) is 12.1. The van der Waals surface area contributed by atoms with Crippen molar-refractivity contribution in [3.05, 3.63) is 52.3 Å². The van der Waals surface area contributed by atoms with Crippen molar-refractivity contribution >= 4 is 17.3 Å².